The Labute approximate surface area is 181 Å². The number of nitrogens with one attached hydrogen (secondary N) is 1. The molecule has 6 heteroatoms. The molecule has 156 valence electrons. The highest BCUT2D eigenvalue weighted by molar-refractivity contribution is 6.07. The van der Waals surface area contributed by atoms with Crippen molar-refractivity contribution >= 4 is 23.0 Å². The minimum Gasteiger partial charge on any atom is -0.272 e. The fourth-order valence-corrected chi connectivity index (χ4v) is 3.64. The number of carbonyl (C=O) groups is 1. The molecule has 0 unspecified atom stereocenters. The number of rotatable bonds is 5. The van der Waals surface area contributed by atoms with E-state index in [-0.39, 0.29) is 5.91 Å². The van der Waals surface area contributed by atoms with Gasteiger partial charge in [-0.2, -0.15) is 10.2 Å². The number of amides is 1. The molecule has 4 aromatic rings. The number of hydrogen-bond donors (Lipinski definition) is 1. The second-order valence-electron chi connectivity index (χ2n) is 7.62. The van der Waals surface area contributed by atoms with Crippen LogP contribution in [0.1, 0.15) is 39.7 Å². The van der Waals surface area contributed by atoms with E-state index in [0.29, 0.717) is 5.56 Å². The van der Waals surface area contributed by atoms with Crippen molar-refractivity contribution < 1.29 is 4.79 Å². The zero-order valence-electron chi connectivity index (χ0n) is 18.2. The van der Waals surface area contributed by atoms with Gasteiger partial charge in [0.05, 0.1) is 28.7 Å². The molecule has 0 spiro atoms. The van der Waals surface area contributed by atoms with Crippen molar-refractivity contribution in [2.75, 3.05) is 0 Å². The first-order chi connectivity index (χ1) is 15.0. The fourth-order valence-electron chi connectivity index (χ4n) is 3.64. The minimum atomic E-state index is -0.276. The number of fused-ring (bicyclic) bond motifs is 1. The number of aromatic nitrogens is 3. The second-order valence-corrected chi connectivity index (χ2v) is 7.62. The molecule has 0 aliphatic heterocycles. The molecular weight excluding hydrogens is 386 g/mol. The maximum atomic E-state index is 13.0. The van der Waals surface area contributed by atoms with Crippen LogP contribution in [0.2, 0.25) is 0 Å². The summed E-state index contributed by atoms with van der Waals surface area (Å²) in [5.41, 5.74) is 9.81. The van der Waals surface area contributed by atoms with Crippen LogP contribution in [0.15, 0.2) is 59.8 Å². The van der Waals surface area contributed by atoms with E-state index in [4.69, 9.17) is 4.98 Å². The van der Waals surface area contributed by atoms with Crippen LogP contribution >= 0.6 is 0 Å². The third kappa shape index (κ3) is 4.23. The number of carbonyl (C=O) groups excluding carboxylic acids is 1. The van der Waals surface area contributed by atoms with Gasteiger partial charge in [-0.15, -0.1) is 0 Å². The fraction of sp³-hybridized carbons (Fsp3) is 0.200. The molecule has 0 bridgehead atoms. The van der Waals surface area contributed by atoms with Crippen molar-refractivity contribution in [3.8, 4) is 11.3 Å². The quantitative estimate of drug-likeness (QED) is 0.378. The molecule has 0 atom stereocenters. The Morgan fingerprint density at radius 2 is 1.94 bits per heavy atom. The average molecular weight is 412 g/mol. The van der Waals surface area contributed by atoms with Crippen LogP contribution in [0.5, 0.6) is 0 Å². The molecule has 31 heavy (non-hydrogen) atoms. The van der Waals surface area contributed by atoms with Crippen LogP contribution in [-0.4, -0.2) is 26.9 Å². The molecule has 1 N–H and O–H groups in total. The summed E-state index contributed by atoms with van der Waals surface area (Å²) in [6.45, 7) is 8.85. The molecule has 0 saturated carbocycles. The molecule has 2 aromatic heterocycles. The summed E-state index contributed by atoms with van der Waals surface area (Å²) in [5.74, 6) is -0.276. The van der Waals surface area contributed by atoms with Crippen molar-refractivity contribution in [3.05, 3.63) is 82.7 Å². The van der Waals surface area contributed by atoms with Crippen molar-refractivity contribution in [3.63, 3.8) is 0 Å². The first-order valence-corrected chi connectivity index (χ1v) is 10.3. The minimum absolute atomic E-state index is 0.276. The van der Waals surface area contributed by atoms with Gasteiger partial charge in [0.2, 0.25) is 0 Å². The van der Waals surface area contributed by atoms with Gasteiger partial charge >= 0.3 is 0 Å². The van der Waals surface area contributed by atoms with Crippen LogP contribution in [0.25, 0.3) is 22.2 Å². The summed E-state index contributed by atoms with van der Waals surface area (Å²) in [4.78, 5) is 17.8. The molecule has 0 aliphatic rings. The lowest BCUT2D eigenvalue weighted by atomic mass is 9.99. The Bertz CT molecular complexity index is 1300. The largest absolute Gasteiger partial charge is 0.272 e. The highest BCUT2D eigenvalue weighted by Gasteiger charge is 2.14. The van der Waals surface area contributed by atoms with Gasteiger partial charge in [-0.3, -0.25) is 9.48 Å². The number of pyridine rings is 1. The molecule has 4 rings (SSSR count). The molecule has 6 nitrogen and oxygen atoms in total. The van der Waals surface area contributed by atoms with Crippen LogP contribution in [0, 0.1) is 20.8 Å². The first kappa shape index (κ1) is 20.5. The molecular formula is C25H25N5O. The van der Waals surface area contributed by atoms with Gasteiger partial charge in [-0.25, -0.2) is 10.4 Å². The van der Waals surface area contributed by atoms with Crippen molar-refractivity contribution in [2.24, 2.45) is 5.10 Å². The molecule has 0 radical (unpaired) electrons. The summed E-state index contributed by atoms with van der Waals surface area (Å²) in [6, 6.07) is 15.7. The number of benzene rings is 2. The summed E-state index contributed by atoms with van der Waals surface area (Å²) >= 11 is 0. The van der Waals surface area contributed by atoms with Crippen LogP contribution in [0.3, 0.4) is 0 Å². The topological polar surface area (TPSA) is 72.2 Å². The zero-order chi connectivity index (χ0) is 22.0. The average Bonchev–Trinajstić information content (AvgIpc) is 3.12. The van der Waals surface area contributed by atoms with Gasteiger partial charge in [0.25, 0.3) is 5.91 Å². The standard InChI is InChI=1S/C25H25N5O/c1-5-30-15-19(18(4)29-30)14-26-28-25(31)22-13-24(20-11-10-16(2)12-17(20)3)27-23-9-7-6-8-21(22)23/h6-15H,5H2,1-4H3,(H,28,31). The van der Waals surface area contributed by atoms with E-state index in [1.807, 2.05) is 55.1 Å². The highest BCUT2D eigenvalue weighted by Crippen LogP contribution is 2.27. The molecule has 2 heterocycles. The highest BCUT2D eigenvalue weighted by atomic mass is 16.2. The lowest BCUT2D eigenvalue weighted by molar-refractivity contribution is 0.0956. The normalized spacial score (nSPS) is 11.4. The van der Waals surface area contributed by atoms with Gasteiger partial charge in [0.1, 0.15) is 0 Å². The number of para-hydroxylation sites is 1. The number of nitrogens with zero attached hydrogens (tertiary/aromatic N) is 4. The van der Waals surface area contributed by atoms with E-state index in [2.05, 4.69) is 47.7 Å². The summed E-state index contributed by atoms with van der Waals surface area (Å²) in [6.07, 6.45) is 3.53. The smallest absolute Gasteiger partial charge is 0.272 e. The first-order valence-electron chi connectivity index (χ1n) is 10.3. The van der Waals surface area contributed by atoms with Gasteiger partial charge in [0, 0.05) is 29.3 Å². The van der Waals surface area contributed by atoms with E-state index < -0.39 is 0 Å². The number of hydrazone groups is 1. The predicted molar refractivity (Wildman–Crippen MR) is 124 cm³/mol. The van der Waals surface area contributed by atoms with Crippen molar-refractivity contribution in [1.82, 2.24) is 20.2 Å². The van der Waals surface area contributed by atoms with E-state index in [0.717, 1.165) is 45.5 Å². The summed E-state index contributed by atoms with van der Waals surface area (Å²) in [7, 11) is 0. The lowest BCUT2D eigenvalue weighted by Crippen LogP contribution is -2.18. The lowest BCUT2D eigenvalue weighted by Gasteiger charge is -2.11. The molecule has 1 amide bonds. The Morgan fingerprint density at radius 1 is 1.13 bits per heavy atom. The van der Waals surface area contributed by atoms with E-state index >= 15 is 0 Å². The number of aryl methyl sites for hydroxylation is 4. The third-order valence-corrected chi connectivity index (χ3v) is 5.30. The van der Waals surface area contributed by atoms with E-state index in [1.165, 1.54) is 5.56 Å². The van der Waals surface area contributed by atoms with Gasteiger partial charge in [-0.05, 0) is 45.4 Å². The van der Waals surface area contributed by atoms with Crippen LogP contribution in [-0.2, 0) is 6.54 Å². The monoisotopic (exact) mass is 411 g/mol. The van der Waals surface area contributed by atoms with Gasteiger partial charge in [-0.1, -0.05) is 42.0 Å². The predicted octanol–water partition coefficient (Wildman–Crippen LogP) is 4.81. The summed E-state index contributed by atoms with van der Waals surface area (Å²) in [5, 5.41) is 9.35. The maximum absolute atomic E-state index is 13.0. The van der Waals surface area contributed by atoms with Crippen molar-refractivity contribution in [2.45, 2.75) is 34.2 Å². The molecule has 0 fully saturated rings. The Balaban J connectivity index is 1.69. The zero-order valence-corrected chi connectivity index (χ0v) is 18.2. The third-order valence-electron chi connectivity index (χ3n) is 5.30. The van der Waals surface area contributed by atoms with Crippen molar-refractivity contribution in [1.29, 1.82) is 0 Å². The Morgan fingerprint density at radius 3 is 2.68 bits per heavy atom. The molecule has 2 aromatic carbocycles. The van der Waals surface area contributed by atoms with Gasteiger partial charge < -0.3 is 0 Å². The van der Waals surface area contributed by atoms with E-state index in [9.17, 15) is 4.79 Å². The van der Waals surface area contributed by atoms with Crippen LogP contribution < -0.4 is 5.43 Å². The van der Waals surface area contributed by atoms with E-state index in [1.54, 1.807) is 6.21 Å². The van der Waals surface area contributed by atoms with Gasteiger partial charge in [0.15, 0.2) is 0 Å². The SMILES string of the molecule is CCn1cc(C=NNC(=O)c2cc(-c3ccc(C)cc3C)nc3ccccc23)c(C)n1. The molecule has 0 aliphatic carbocycles. The van der Waals surface area contributed by atoms with Crippen LogP contribution in [0.4, 0.5) is 0 Å². The Hall–Kier alpha value is -3.80. The molecule has 0 saturated heterocycles. The Kier molecular flexibility index (Phi) is 5.62. The second kappa shape index (κ2) is 8.52. The maximum Gasteiger partial charge on any atom is 0.272 e. The summed E-state index contributed by atoms with van der Waals surface area (Å²) < 4.78 is 1.84. The number of hydrogen-bond acceptors (Lipinski definition) is 4.